The van der Waals surface area contributed by atoms with Crippen molar-refractivity contribution in [2.75, 3.05) is 19.5 Å². The highest BCUT2D eigenvalue weighted by molar-refractivity contribution is 5.62. The van der Waals surface area contributed by atoms with Crippen LogP contribution in [-0.2, 0) is 0 Å². The molecule has 0 aromatic heterocycles. The number of rotatable bonds is 4. The molecule has 1 aromatic carbocycles. The SMILES string of the molecule is COc1cc(NC2CCC(N)CC2)c(OC)cc1C. The van der Waals surface area contributed by atoms with Gasteiger partial charge in [0.1, 0.15) is 11.5 Å². The average Bonchev–Trinajstić information content (AvgIpc) is 2.42. The summed E-state index contributed by atoms with van der Waals surface area (Å²) in [6, 6.07) is 4.87. The van der Waals surface area contributed by atoms with Crippen LogP contribution in [0, 0.1) is 6.92 Å². The van der Waals surface area contributed by atoms with Gasteiger partial charge in [0.25, 0.3) is 0 Å². The summed E-state index contributed by atoms with van der Waals surface area (Å²) in [4.78, 5) is 0. The van der Waals surface area contributed by atoms with E-state index < -0.39 is 0 Å². The second-order valence-electron chi connectivity index (χ2n) is 5.28. The second-order valence-corrected chi connectivity index (χ2v) is 5.28. The molecule has 1 fully saturated rings. The smallest absolute Gasteiger partial charge is 0.142 e. The van der Waals surface area contributed by atoms with Gasteiger partial charge in [-0.05, 0) is 44.2 Å². The number of hydrogen-bond acceptors (Lipinski definition) is 4. The predicted molar refractivity (Wildman–Crippen MR) is 78.1 cm³/mol. The van der Waals surface area contributed by atoms with Crippen molar-refractivity contribution >= 4 is 5.69 Å². The van der Waals surface area contributed by atoms with Crippen LogP contribution in [0.15, 0.2) is 12.1 Å². The number of anilines is 1. The first-order valence-corrected chi connectivity index (χ1v) is 6.88. The van der Waals surface area contributed by atoms with Crippen LogP contribution in [0.3, 0.4) is 0 Å². The summed E-state index contributed by atoms with van der Waals surface area (Å²) in [5.41, 5.74) is 8.02. The van der Waals surface area contributed by atoms with Crippen LogP contribution >= 0.6 is 0 Å². The monoisotopic (exact) mass is 264 g/mol. The summed E-state index contributed by atoms with van der Waals surface area (Å²) in [5.74, 6) is 1.75. The van der Waals surface area contributed by atoms with Gasteiger partial charge < -0.3 is 20.5 Å². The Balaban J connectivity index is 2.14. The Hall–Kier alpha value is -1.42. The van der Waals surface area contributed by atoms with Crippen molar-refractivity contribution < 1.29 is 9.47 Å². The van der Waals surface area contributed by atoms with E-state index in [0.717, 1.165) is 48.4 Å². The summed E-state index contributed by atoms with van der Waals surface area (Å²) >= 11 is 0. The van der Waals surface area contributed by atoms with E-state index in [-0.39, 0.29) is 0 Å². The van der Waals surface area contributed by atoms with E-state index in [1.54, 1.807) is 14.2 Å². The number of ether oxygens (including phenoxy) is 2. The summed E-state index contributed by atoms with van der Waals surface area (Å²) in [7, 11) is 3.39. The molecule has 106 valence electrons. The van der Waals surface area contributed by atoms with E-state index in [1.165, 1.54) is 0 Å². The largest absolute Gasteiger partial charge is 0.496 e. The summed E-state index contributed by atoms with van der Waals surface area (Å²) in [5, 5.41) is 3.56. The van der Waals surface area contributed by atoms with Crippen molar-refractivity contribution in [3.63, 3.8) is 0 Å². The van der Waals surface area contributed by atoms with Crippen molar-refractivity contribution in [2.45, 2.75) is 44.7 Å². The van der Waals surface area contributed by atoms with E-state index in [0.29, 0.717) is 12.1 Å². The molecule has 0 amide bonds. The number of nitrogens with two attached hydrogens (primary N) is 1. The molecule has 0 aliphatic heterocycles. The Morgan fingerprint density at radius 1 is 1.05 bits per heavy atom. The molecule has 0 heterocycles. The molecule has 1 saturated carbocycles. The van der Waals surface area contributed by atoms with Crippen LogP contribution in [0.1, 0.15) is 31.2 Å². The molecule has 1 aromatic rings. The first-order valence-electron chi connectivity index (χ1n) is 6.88. The van der Waals surface area contributed by atoms with Crippen LogP contribution in [0.25, 0.3) is 0 Å². The summed E-state index contributed by atoms with van der Waals surface area (Å²) in [6.07, 6.45) is 4.40. The molecular formula is C15H24N2O2. The fraction of sp³-hybridized carbons (Fsp3) is 0.600. The highest BCUT2D eigenvalue weighted by Gasteiger charge is 2.20. The zero-order valence-corrected chi connectivity index (χ0v) is 12.0. The normalized spacial score (nSPS) is 22.9. The van der Waals surface area contributed by atoms with Gasteiger partial charge in [0.2, 0.25) is 0 Å². The minimum absolute atomic E-state index is 0.368. The summed E-state index contributed by atoms with van der Waals surface area (Å²) < 4.78 is 10.8. The zero-order valence-electron chi connectivity index (χ0n) is 12.0. The van der Waals surface area contributed by atoms with Gasteiger partial charge in [0, 0.05) is 18.2 Å². The molecule has 1 aliphatic rings. The number of methoxy groups -OCH3 is 2. The average molecular weight is 264 g/mol. The third kappa shape index (κ3) is 3.32. The molecule has 0 bridgehead atoms. The number of benzene rings is 1. The molecular weight excluding hydrogens is 240 g/mol. The molecule has 4 nitrogen and oxygen atoms in total. The van der Waals surface area contributed by atoms with Crippen molar-refractivity contribution in [3.8, 4) is 11.5 Å². The van der Waals surface area contributed by atoms with Crippen LogP contribution in [-0.4, -0.2) is 26.3 Å². The first kappa shape index (κ1) is 14.0. The van der Waals surface area contributed by atoms with Crippen molar-refractivity contribution in [1.29, 1.82) is 0 Å². The quantitative estimate of drug-likeness (QED) is 0.878. The highest BCUT2D eigenvalue weighted by Crippen LogP contribution is 2.34. The van der Waals surface area contributed by atoms with Gasteiger partial charge in [-0.25, -0.2) is 0 Å². The fourth-order valence-electron chi connectivity index (χ4n) is 2.65. The lowest BCUT2D eigenvalue weighted by molar-refractivity contribution is 0.395. The van der Waals surface area contributed by atoms with E-state index >= 15 is 0 Å². The lowest BCUT2D eigenvalue weighted by atomic mass is 9.91. The van der Waals surface area contributed by atoms with Crippen LogP contribution in [0.5, 0.6) is 11.5 Å². The lowest BCUT2D eigenvalue weighted by Gasteiger charge is -2.28. The third-order valence-electron chi connectivity index (χ3n) is 3.85. The lowest BCUT2D eigenvalue weighted by Crippen LogP contribution is -2.32. The highest BCUT2D eigenvalue weighted by atomic mass is 16.5. The topological polar surface area (TPSA) is 56.5 Å². The number of nitrogens with one attached hydrogen (secondary N) is 1. The van der Waals surface area contributed by atoms with Crippen molar-refractivity contribution in [2.24, 2.45) is 5.73 Å². The number of hydrogen-bond donors (Lipinski definition) is 2. The predicted octanol–water partition coefficient (Wildman–Crippen LogP) is 2.69. The van der Waals surface area contributed by atoms with Gasteiger partial charge in [-0.1, -0.05) is 0 Å². The molecule has 0 saturated heterocycles. The first-order chi connectivity index (χ1) is 9.13. The molecule has 2 rings (SSSR count). The van der Waals surface area contributed by atoms with Crippen molar-refractivity contribution in [3.05, 3.63) is 17.7 Å². The van der Waals surface area contributed by atoms with Crippen LogP contribution in [0.4, 0.5) is 5.69 Å². The van der Waals surface area contributed by atoms with Crippen LogP contribution in [0.2, 0.25) is 0 Å². The molecule has 1 aliphatic carbocycles. The molecule has 0 atom stereocenters. The summed E-state index contributed by atoms with van der Waals surface area (Å²) in [6.45, 7) is 2.02. The Kier molecular flexibility index (Phi) is 4.53. The standard InChI is InChI=1S/C15H24N2O2/c1-10-8-15(19-3)13(9-14(10)18-2)17-12-6-4-11(16)5-7-12/h8-9,11-12,17H,4-7,16H2,1-3H3. The number of aryl methyl sites for hydroxylation is 1. The van der Waals surface area contributed by atoms with Gasteiger partial charge >= 0.3 is 0 Å². The van der Waals surface area contributed by atoms with Crippen molar-refractivity contribution in [1.82, 2.24) is 0 Å². The Bertz CT molecular complexity index is 426. The van der Waals surface area contributed by atoms with Gasteiger partial charge in [-0.15, -0.1) is 0 Å². The maximum Gasteiger partial charge on any atom is 0.142 e. The Morgan fingerprint density at radius 3 is 2.26 bits per heavy atom. The third-order valence-corrected chi connectivity index (χ3v) is 3.85. The van der Waals surface area contributed by atoms with E-state index in [4.69, 9.17) is 15.2 Å². The maximum absolute atomic E-state index is 5.94. The van der Waals surface area contributed by atoms with E-state index in [1.807, 2.05) is 19.1 Å². The molecule has 0 unspecified atom stereocenters. The van der Waals surface area contributed by atoms with Gasteiger partial charge in [-0.2, -0.15) is 0 Å². The Labute approximate surface area is 115 Å². The second kappa shape index (κ2) is 6.15. The van der Waals surface area contributed by atoms with Gasteiger partial charge in [0.15, 0.2) is 0 Å². The molecule has 19 heavy (non-hydrogen) atoms. The van der Waals surface area contributed by atoms with E-state index in [2.05, 4.69) is 5.32 Å². The molecule has 0 radical (unpaired) electrons. The molecule has 0 spiro atoms. The zero-order chi connectivity index (χ0) is 13.8. The maximum atomic E-state index is 5.94. The van der Waals surface area contributed by atoms with Gasteiger partial charge in [0.05, 0.1) is 19.9 Å². The van der Waals surface area contributed by atoms with E-state index in [9.17, 15) is 0 Å². The van der Waals surface area contributed by atoms with Crippen LogP contribution < -0.4 is 20.5 Å². The fourth-order valence-corrected chi connectivity index (χ4v) is 2.65. The minimum Gasteiger partial charge on any atom is -0.496 e. The molecule has 4 heteroatoms. The minimum atomic E-state index is 0.368. The van der Waals surface area contributed by atoms with Gasteiger partial charge in [-0.3, -0.25) is 0 Å². The Morgan fingerprint density at radius 2 is 1.68 bits per heavy atom. The molecule has 3 N–H and O–H groups in total.